The van der Waals surface area contributed by atoms with Crippen molar-refractivity contribution in [2.45, 2.75) is 30.8 Å². The third-order valence-electron chi connectivity index (χ3n) is 3.15. The predicted molar refractivity (Wildman–Crippen MR) is 55.9 cm³/mol. The van der Waals surface area contributed by atoms with Gasteiger partial charge in [0.1, 0.15) is 0 Å². The van der Waals surface area contributed by atoms with Gasteiger partial charge in [0.2, 0.25) is 0 Å². The van der Waals surface area contributed by atoms with Crippen LogP contribution < -0.4 is 5.32 Å². The fourth-order valence-corrected chi connectivity index (χ4v) is 2.50. The molecular weight excluding hydrogens is 202 g/mol. The normalized spacial score (nSPS) is 31.9. The quantitative estimate of drug-likeness (QED) is 0.723. The van der Waals surface area contributed by atoms with Crippen LogP contribution in [0.1, 0.15) is 19.3 Å². The summed E-state index contributed by atoms with van der Waals surface area (Å²) in [7, 11) is 0. The number of halogens is 1. The van der Waals surface area contributed by atoms with Crippen LogP contribution in [0.2, 0.25) is 0 Å². The lowest BCUT2D eigenvalue weighted by molar-refractivity contribution is 0.0409. The molecule has 4 heteroatoms. The van der Waals surface area contributed by atoms with Crippen molar-refractivity contribution < 1.29 is 9.47 Å². The maximum atomic E-state index is 6.06. The Bertz CT molecular complexity index is 177. The van der Waals surface area contributed by atoms with E-state index in [1.807, 2.05) is 0 Å². The summed E-state index contributed by atoms with van der Waals surface area (Å²) in [5.41, 5.74) is 0.0954. The number of hydrogen-bond acceptors (Lipinski definition) is 3. The molecule has 0 amide bonds. The molecule has 3 nitrogen and oxygen atoms in total. The molecule has 2 aliphatic heterocycles. The van der Waals surface area contributed by atoms with Gasteiger partial charge in [-0.1, -0.05) is 0 Å². The number of rotatable bonds is 3. The largest absolute Gasteiger partial charge is 0.381 e. The van der Waals surface area contributed by atoms with E-state index < -0.39 is 0 Å². The minimum absolute atomic E-state index is 0.0954. The van der Waals surface area contributed by atoms with Gasteiger partial charge in [-0.3, -0.25) is 0 Å². The highest BCUT2D eigenvalue weighted by Gasteiger charge is 2.34. The maximum Gasteiger partial charge on any atom is 0.0620 e. The average Bonchev–Trinajstić information content (AvgIpc) is 2.72. The van der Waals surface area contributed by atoms with Crippen LogP contribution >= 0.6 is 11.6 Å². The minimum Gasteiger partial charge on any atom is -0.381 e. The fraction of sp³-hybridized carbons (Fsp3) is 1.00. The van der Waals surface area contributed by atoms with E-state index in [1.165, 1.54) is 0 Å². The summed E-state index contributed by atoms with van der Waals surface area (Å²) in [6.07, 6.45) is 3.15. The van der Waals surface area contributed by atoms with Crippen LogP contribution in [0.15, 0.2) is 0 Å². The third-order valence-corrected chi connectivity index (χ3v) is 3.66. The first-order valence-corrected chi connectivity index (χ1v) is 5.87. The Morgan fingerprint density at radius 2 is 2.00 bits per heavy atom. The van der Waals surface area contributed by atoms with E-state index in [4.69, 9.17) is 21.1 Å². The summed E-state index contributed by atoms with van der Waals surface area (Å²) in [6.45, 7) is 3.37. The van der Waals surface area contributed by atoms with E-state index in [1.54, 1.807) is 0 Å². The Balaban J connectivity index is 1.89. The second-order valence-corrected chi connectivity index (χ2v) is 4.50. The van der Waals surface area contributed by atoms with Crippen LogP contribution in [0.4, 0.5) is 0 Å². The standard InChI is InChI=1S/C10H18ClNO2/c11-8-10(2-5-13-6-3-10)12-9-1-4-14-7-9/h9,12H,1-8H2. The molecule has 0 saturated carbocycles. The summed E-state index contributed by atoms with van der Waals surface area (Å²) < 4.78 is 10.7. The Labute approximate surface area is 90.1 Å². The monoisotopic (exact) mass is 219 g/mol. The molecule has 14 heavy (non-hydrogen) atoms. The molecule has 0 aromatic heterocycles. The second kappa shape index (κ2) is 4.79. The number of alkyl halides is 1. The van der Waals surface area contributed by atoms with Gasteiger partial charge in [-0.25, -0.2) is 0 Å². The van der Waals surface area contributed by atoms with E-state index in [2.05, 4.69) is 5.32 Å². The van der Waals surface area contributed by atoms with Crippen molar-refractivity contribution >= 4 is 11.6 Å². The molecule has 2 heterocycles. The topological polar surface area (TPSA) is 30.5 Å². The van der Waals surface area contributed by atoms with Crippen LogP contribution in [-0.4, -0.2) is 43.9 Å². The zero-order chi connectivity index (χ0) is 9.86. The molecule has 0 spiro atoms. The van der Waals surface area contributed by atoms with Crippen molar-refractivity contribution in [3.8, 4) is 0 Å². The molecule has 0 bridgehead atoms. The smallest absolute Gasteiger partial charge is 0.0620 e. The lowest BCUT2D eigenvalue weighted by atomic mass is 9.91. The van der Waals surface area contributed by atoms with Gasteiger partial charge >= 0.3 is 0 Å². The van der Waals surface area contributed by atoms with Crippen molar-refractivity contribution in [1.29, 1.82) is 0 Å². The van der Waals surface area contributed by atoms with Crippen LogP contribution in [0.5, 0.6) is 0 Å². The van der Waals surface area contributed by atoms with Crippen molar-refractivity contribution in [3.63, 3.8) is 0 Å². The van der Waals surface area contributed by atoms with E-state index in [0.717, 1.165) is 45.7 Å². The van der Waals surface area contributed by atoms with E-state index in [9.17, 15) is 0 Å². The molecule has 0 radical (unpaired) electrons. The highest BCUT2D eigenvalue weighted by Crippen LogP contribution is 2.24. The van der Waals surface area contributed by atoms with Gasteiger partial charge in [0.15, 0.2) is 0 Å². The highest BCUT2D eigenvalue weighted by molar-refractivity contribution is 6.18. The van der Waals surface area contributed by atoms with Crippen LogP contribution in [-0.2, 0) is 9.47 Å². The predicted octanol–water partition coefficient (Wildman–Crippen LogP) is 1.15. The van der Waals surface area contributed by atoms with E-state index >= 15 is 0 Å². The second-order valence-electron chi connectivity index (χ2n) is 4.23. The molecule has 1 atom stereocenters. The van der Waals surface area contributed by atoms with E-state index in [-0.39, 0.29) is 5.54 Å². The molecule has 2 fully saturated rings. The van der Waals surface area contributed by atoms with Gasteiger partial charge in [0.25, 0.3) is 0 Å². The van der Waals surface area contributed by atoms with Gasteiger partial charge < -0.3 is 14.8 Å². The Morgan fingerprint density at radius 3 is 2.57 bits per heavy atom. The summed E-state index contributed by atoms with van der Waals surface area (Å²) in [5, 5.41) is 3.64. The Hall–Kier alpha value is 0.170. The van der Waals surface area contributed by atoms with Gasteiger partial charge in [-0.05, 0) is 19.3 Å². The first kappa shape index (κ1) is 10.7. The van der Waals surface area contributed by atoms with Crippen LogP contribution in [0, 0.1) is 0 Å². The van der Waals surface area contributed by atoms with Gasteiger partial charge in [-0.15, -0.1) is 11.6 Å². The maximum absolute atomic E-state index is 6.06. The molecule has 2 saturated heterocycles. The van der Waals surface area contributed by atoms with Crippen molar-refractivity contribution in [2.75, 3.05) is 32.3 Å². The number of ether oxygens (including phenoxy) is 2. The average molecular weight is 220 g/mol. The summed E-state index contributed by atoms with van der Waals surface area (Å²) in [4.78, 5) is 0. The molecule has 0 aromatic rings. The van der Waals surface area contributed by atoms with Crippen molar-refractivity contribution in [1.82, 2.24) is 5.32 Å². The highest BCUT2D eigenvalue weighted by atomic mass is 35.5. The summed E-state index contributed by atoms with van der Waals surface area (Å²) in [5.74, 6) is 0.673. The van der Waals surface area contributed by atoms with Gasteiger partial charge in [0.05, 0.1) is 6.61 Å². The summed E-state index contributed by atoms with van der Waals surface area (Å²) >= 11 is 6.06. The fourth-order valence-electron chi connectivity index (χ4n) is 2.16. The first-order chi connectivity index (χ1) is 6.85. The molecule has 0 aromatic carbocycles. The zero-order valence-electron chi connectivity index (χ0n) is 8.43. The lowest BCUT2D eigenvalue weighted by Gasteiger charge is -2.38. The van der Waals surface area contributed by atoms with Crippen molar-refractivity contribution in [3.05, 3.63) is 0 Å². The molecule has 2 aliphatic rings. The van der Waals surface area contributed by atoms with Gasteiger partial charge in [0, 0.05) is 37.3 Å². The number of nitrogens with one attached hydrogen (secondary N) is 1. The third kappa shape index (κ3) is 2.40. The van der Waals surface area contributed by atoms with Crippen molar-refractivity contribution in [2.24, 2.45) is 0 Å². The molecule has 1 N–H and O–H groups in total. The molecule has 1 unspecified atom stereocenters. The molecule has 0 aliphatic carbocycles. The molecular formula is C10H18ClNO2. The summed E-state index contributed by atoms with van der Waals surface area (Å²) in [6, 6.07) is 0.492. The Kier molecular flexibility index (Phi) is 3.66. The van der Waals surface area contributed by atoms with E-state index in [0.29, 0.717) is 11.9 Å². The molecule has 2 rings (SSSR count). The minimum atomic E-state index is 0.0954. The SMILES string of the molecule is ClCC1(NC2CCOC2)CCOCC1. The zero-order valence-corrected chi connectivity index (χ0v) is 9.18. The van der Waals surface area contributed by atoms with Gasteiger partial charge in [-0.2, -0.15) is 0 Å². The molecule has 82 valence electrons. The number of hydrogen-bond donors (Lipinski definition) is 1. The van der Waals surface area contributed by atoms with Crippen LogP contribution in [0.3, 0.4) is 0 Å². The first-order valence-electron chi connectivity index (χ1n) is 5.34. The Morgan fingerprint density at radius 1 is 1.21 bits per heavy atom. The lowest BCUT2D eigenvalue weighted by Crippen LogP contribution is -2.55. The van der Waals surface area contributed by atoms with Crippen LogP contribution in [0.25, 0.3) is 0 Å².